The van der Waals surface area contributed by atoms with Crippen LogP contribution in [-0.4, -0.2) is 67.3 Å². The van der Waals surface area contributed by atoms with Crippen LogP contribution in [0.3, 0.4) is 0 Å². The molecule has 0 aromatic heterocycles. The number of hydrogen-bond acceptors (Lipinski definition) is 6. The van der Waals surface area contributed by atoms with E-state index in [9.17, 15) is 22.8 Å². The minimum Gasteiger partial charge on any atom is -0.382 e. The highest BCUT2D eigenvalue weighted by atomic mass is 32.2. The Morgan fingerprint density at radius 1 is 1.10 bits per heavy atom. The van der Waals surface area contributed by atoms with Crippen LogP contribution in [0.4, 0.5) is 18.9 Å². The number of nitrogens with one attached hydrogen (secondary N) is 4. The van der Waals surface area contributed by atoms with E-state index in [2.05, 4.69) is 57.4 Å². The molecule has 2 aromatic carbocycles. The topological polar surface area (TPSA) is 85.5 Å². The van der Waals surface area contributed by atoms with Crippen molar-refractivity contribution in [1.29, 1.82) is 0 Å². The predicted molar refractivity (Wildman–Crippen MR) is 155 cm³/mol. The number of carbonyl (C=O) groups excluding carboxylic acids is 2. The number of halogens is 3. The van der Waals surface area contributed by atoms with Crippen LogP contribution in [0.5, 0.6) is 0 Å². The largest absolute Gasteiger partial charge is 0.416 e. The lowest BCUT2D eigenvalue weighted by Gasteiger charge is -2.39. The van der Waals surface area contributed by atoms with Crippen molar-refractivity contribution >= 4 is 29.3 Å². The number of amides is 2. The molecular weight excluding hydrogens is 539 g/mol. The molecule has 1 heterocycles. The number of hydrogen-bond donors (Lipinski definition) is 4. The average Bonchev–Trinajstić information content (AvgIpc) is 2.91. The molecule has 1 aliphatic rings. The van der Waals surface area contributed by atoms with Gasteiger partial charge in [0.2, 0.25) is 5.91 Å². The minimum atomic E-state index is -4.59. The second-order valence-corrected chi connectivity index (χ2v) is 11.2. The molecular formula is C29H40F3N5O2S. The van der Waals surface area contributed by atoms with Crippen molar-refractivity contribution in [2.24, 2.45) is 0 Å². The van der Waals surface area contributed by atoms with Gasteiger partial charge in [-0.25, -0.2) is 0 Å². The smallest absolute Gasteiger partial charge is 0.382 e. The third-order valence-electron chi connectivity index (χ3n) is 6.76. The zero-order valence-corrected chi connectivity index (χ0v) is 24.3. The molecule has 0 spiro atoms. The van der Waals surface area contributed by atoms with Crippen molar-refractivity contribution in [2.75, 3.05) is 37.8 Å². The molecule has 0 saturated carbocycles. The summed E-state index contributed by atoms with van der Waals surface area (Å²) < 4.78 is 39.9. The van der Waals surface area contributed by atoms with Crippen LogP contribution >= 0.6 is 11.8 Å². The Balaban J connectivity index is 1.64. The molecule has 2 aromatic rings. The monoisotopic (exact) mass is 579 g/mol. The Bertz CT molecular complexity index is 1130. The van der Waals surface area contributed by atoms with Gasteiger partial charge < -0.3 is 26.2 Å². The summed E-state index contributed by atoms with van der Waals surface area (Å²) in [4.78, 5) is 29.3. The van der Waals surface area contributed by atoms with Gasteiger partial charge in [-0.2, -0.15) is 13.2 Å². The van der Waals surface area contributed by atoms with Crippen LogP contribution in [0.1, 0.15) is 55.1 Å². The highest BCUT2D eigenvalue weighted by Crippen LogP contribution is 2.32. The molecule has 11 heteroatoms. The van der Waals surface area contributed by atoms with E-state index in [-0.39, 0.29) is 35.9 Å². The van der Waals surface area contributed by atoms with Crippen LogP contribution < -0.4 is 21.3 Å². The maximum atomic E-state index is 13.3. The number of carbonyl (C=O) groups is 2. The number of likely N-dealkylation sites (tertiary alicyclic amines) is 1. The third-order valence-corrected chi connectivity index (χ3v) is 7.50. The molecule has 220 valence electrons. The summed E-state index contributed by atoms with van der Waals surface area (Å²) in [5.41, 5.74) is 0.345. The number of thioether (sulfide) groups is 1. The summed E-state index contributed by atoms with van der Waals surface area (Å²) in [6.07, 6.45) is -0.698. The van der Waals surface area contributed by atoms with Gasteiger partial charge in [-0.1, -0.05) is 19.1 Å². The van der Waals surface area contributed by atoms with Gasteiger partial charge >= 0.3 is 6.18 Å². The highest BCUT2D eigenvalue weighted by Gasteiger charge is 2.32. The number of benzene rings is 2. The first-order chi connectivity index (χ1) is 19.0. The van der Waals surface area contributed by atoms with Crippen LogP contribution in [-0.2, 0) is 17.5 Å². The van der Waals surface area contributed by atoms with Crippen LogP contribution in [0, 0.1) is 0 Å². The standard InChI is InChI=1S/C29H40F3N5O2S/c1-5-13-37-14-12-25(33-16-20-6-9-22(40-4)10-7-20)26(18-37)36-27(38)17-34-28(39)23-15-21(29(30,31)32)8-11-24(23)35-19(2)3/h6-11,15,19,25-26,33,35H,5,12-14,16-18H2,1-4H3,(H,34,39)(H,36,38)/t25-,26+/m1/s1. The second-order valence-electron chi connectivity index (χ2n) is 10.3. The van der Waals surface area contributed by atoms with Crippen molar-refractivity contribution in [1.82, 2.24) is 20.9 Å². The zero-order chi connectivity index (χ0) is 29.3. The van der Waals surface area contributed by atoms with Crippen LogP contribution in [0.2, 0.25) is 0 Å². The fourth-order valence-corrected chi connectivity index (χ4v) is 5.19. The molecule has 0 aliphatic carbocycles. The summed E-state index contributed by atoms with van der Waals surface area (Å²) in [6, 6.07) is 11.1. The number of nitrogens with zero attached hydrogens (tertiary/aromatic N) is 1. The van der Waals surface area contributed by atoms with E-state index in [4.69, 9.17) is 0 Å². The van der Waals surface area contributed by atoms with Gasteiger partial charge in [0, 0.05) is 35.8 Å². The van der Waals surface area contributed by atoms with Crippen LogP contribution in [0.25, 0.3) is 0 Å². The average molecular weight is 580 g/mol. The number of rotatable bonds is 12. The Morgan fingerprint density at radius 2 is 1.82 bits per heavy atom. The molecule has 1 fully saturated rings. The lowest BCUT2D eigenvalue weighted by molar-refractivity contribution is -0.137. The molecule has 1 saturated heterocycles. The summed E-state index contributed by atoms with van der Waals surface area (Å²) in [7, 11) is 0. The Hall–Kier alpha value is -2.76. The number of anilines is 1. The SMILES string of the molecule is CCCN1CC[C@@H](NCc2ccc(SC)cc2)[C@@H](NC(=O)CNC(=O)c2cc(C(F)(F)F)ccc2NC(C)C)C1. The number of piperidine rings is 1. The molecule has 0 radical (unpaired) electrons. The second kappa shape index (κ2) is 14.7. The normalized spacial score (nSPS) is 18.0. The van der Waals surface area contributed by atoms with Crippen molar-refractivity contribution in [3.05, 3.63) is 59.2 Å². The van der Waals surface area contributed by atoms with Gasteiger partial charge in [0.25, 0.3) is 5.91 Å². The van der Waals surface area contributed by atoms with E-state index in [0.717, 1.165) is 43.6 Å². The lowest BCUT2D eigenvalue weighted by atomic mass is 9.98. The van der Waals surface area contributed by atoms with Crippen molar-refractivity contribution in [3.8, 4) is 0 Å². The Kier molecular flexibility index (Phi) is 11.7. The number of alkyl halides is 3. The molecule has 2 atom stereocenters. The van der Waals surface area contributed by atoms with E-state index in [1.54, 1.807) is 11.8 Å². The third kappa shape index (κ3) is 9.42. The lowest BCUT2D eigenvalue weighted by Crippen LogP contribution is -2.60. The molecule has 0 unspecified atom stereocenters. The molecule has 7 nitrogen and oxygen atoms in total. The predicted octanol–water partition coefficient (Wildman–Crippen LogP) is 4.74. The van der Waals surface area contributed by atoms with Crippen molar-refractivity contribution in [3.63, 3.8) is 0 Å². The van der Waals surface area contributed by atoms with Crippen molar-refractivity contribution in [2.45, 2.75) is 69.4 Å². The van der Waals surface area contributed by atoms with Gasteiger partial charge in [0.05, 0.1) is 23.7 Å². The van der Waals surface area contributed by atoms with E-state index < -0.39 is 23.6 Å². The van der Waals surface area contributed by atoms with E-state index in [1.165, 1.54) is 11.0 Å². The Labute approximate surface area is 239 Å². The maximum absolute atomic E-state index is 13.3. The molecule has 2 amide bonds. The van der Waals surface area contributed by atoms with E-state index in [0.29, 0.717) is 13.1 Å². The molecule has 40 heavy (non-hydrogen) atoms. The molecule has 4 N–H and O–H groups in total. The summed E-state index contributed by atoms with van der Waals surface area (Å²) in [5, 5.41) is 12.1. The van der Waals surface area contributed by atoms with Gasteiger partial charge in [0.15, 0.2) is 0 Å². The quantitative estimate of drug-likeness (QED) is 0.272. The van der Waals surface area contributed by atoms with Gasteiger partial charge in [-0.3, -0.25) is 9.59 Å². The first-order valence-electron chi connectivity index (χ1n) is 13.6. The first-order valence-corrected chi connectivity index (χ1v) is 14.9. The van der Waals surface area contributed by atoms with E-state index >= 15 is 0 Å². The van der Waals surface area contributed by atoms with E-state index in [1.807, 2.05) is 20.1 Å². The highest BCUT2D eigenvalue weighted by molar-refractivity contribution is 7.98. The maximum Gasteiger partial charge on any atom is 0.416 e. The van der Waals surface area contributed by atoms with Crippen molar-refractivity contribution < 1.29 is 22.8 Å². The van der Waals surface area contributed by atoms with Gasteiger partial charge in [0.1, 0.15) is 0 Å². The summed E-state index contributed by atoms with van der Waals surface area (Å²) >= 11 is 1.69. The minimum absolute atomic E-state index is 0.0401. The zero-order valence-electron chi connectivity index (χ0n) is 23.5. The molecule has 1 aliphatic heterocycles. The van der Waals surface area contributed by atoms with Crippen LogP contribution in [0.15, 0.2) is 47.4 Å². The molecule has 3 rings (SSSR count). The summed E-state index contributed by atoms with van der Waals surface area (Å²) in [6.45, 7) is 8.59. The first kappa shape index (κ1) is 31.8. The molecule has 0 bridgehead atoms. The summed E-state index contributed by atoms with van der Waals surface area (Å²) in [5.74, 6) is -1.14. The van der Waals surface area contributed by atoms with Gasteiger partial charge in [-0.15, -0.1) is 11.8 Å². The fraction of sp³-hybridized carbons (Fsp3) is 0.517. The fourth-order valence-electron chi connectivity index (χ4n) is 4.78. The Morgan fingerprint density at radius 3 is 2.45 bits per heavy atom. The van der Waals surface area contributed by atoms with Gasteiger partial charge in [-0.05, 0) is 81.9 Å².